The lowest BCUT2D eigenvalue weighted by molar-refractivity contribution is 0.0472. The summed E-state index contributed by atoms with van der Waals surface area (Å²) in [5, 5.41) is 0. The van der Waals surface area contributed by atoms with E-state index in [1.807, 2.05) is 24.3 Å². The Morgan fingerprint density at radius 2 is 2.00 bits per heavy atom. The van der Waals surface area contributed by atoms with Gasteiger partial charge in [-0.1, -0.05) is 49.8 Å². The van der Waals surface area contributed by atoms with E-state index >= 15 is 0 Å². The van der Waals surface area contributed by atoms with Crippen molar-refractivity contribution in [3.05, 3.63) is 35.4 Å². The second-order valence-electron chi connectivity index (χ2n) is 3.97. The van der Waals surface area contributed by atoms with E-state index in [1.165, 1.54) is 0 Å². The molecular formula is C13H19NOS. The van der Waals surface area contributed by atoms with E-state index in [1.54, 1.807) is 0 Å². The van der Waals surface area contributed by atoms with Gasteiger partial charge in [-0.3, -0.25) is 0 Å². The molecule has 1 rings (SSSR count). The monoisotopic (exact) mass is 237 g/mol. The fourth-order valence-electron chi connectivity index (χ4n) is 1.49. The van der Waals surface area contributed by atoms with E-state index in [-0.39, 0.29) is 0 Å². The molecule has 2 nitrogen and oxygen atoms in total. The fraction of sp³-hybridized carbons (Fsp3) is 0.462. The molecule has 0 fully saturated rings. The van der Waals surface area contributed by atoms with E-state index in [0.29, 0.717) is 17.7 Å². The zero-order valence-corrected chi connectivity index (χ0v) is 10.7. The molecule has 0 aliphatic carbocycles. The van der Waals surface area contributed by atoms with Crippen molar-refractivity contribution in [2.75, 3.05) is 0 Å². The number of hydrogen-bond acceptors (Lipinski definition) is 2. The van der Waals surface area contributed by atoms with Crippen molar-refractivity contribution in [2.45, 2.75) is 39.4 Å². The predicted octanol–water partition coefficient (Wildman–Crippen LogP) is 3.03. The highest BCUT2D eigenvalue weighted by Gasteiger charge is 2.01. The largest absolute Gasteiger partial charge is 0.389 e. The van der Waals surface area contributed by atoms with Crippen LogP contribution >= 0.6 is 12.2 Å². The van der Waals surface area contributed by atoms with E-state index in [4.69, 9.17) is 22.7 Å². The zero-order chi connectivity index (χ0) is 12.0. The fourth-order valence-corrected chi connectivity index (χ4v) is 1.63. The Kier molecular flexibility index (Phi) is 5.43. The van der Waals surface area contributed by atoms with Gasteiger partial charge in [-0.2, -0.15) is 0 Å². The SMILES string of the molecule is CCCC(C)OCc1ccc(C(N)=S)cc1. The number of thiocarbonyl (C=S) groups is 1. The van der Waals surface area contributed by atoms with E-state index in [0.717, 1.165) is 24.0 Å². The highest BCUT2D eigenvalue weighted by Crippen LogP contribution is 2.09. The molecule has 0 spiro atoms. The summed E-state index contributed by atoms with van der Waals surface area (Å²) in [4.78, 5) is 0.437. The quantitative estimate of drug-likeness (QED) is 0.772. The summed E-state index contributed by atoms with van der Waals surface area (Å²) in [5.74, 6) is 0. The first-order valence-electron chi connectivity index (χ1n) is 5.63. The van der Waals surface area contributed by atoms with Crippen molar-refractivity contribution in [3.8, 4) is 0 Å². The Morgan fingerprint density at radius 3 is 2.50 bits per heavy atom. The van der Waals surface area contributed by atoms with E-state index in [2.05, 4.69) is 13.8 Å². The summed E-state index contributed by atoms with van der Waals surface area (Å²) in [5.41, 5.74) is 7.58. The summed E-state index contributed by atoms with van der Waals surface area (Å²) >= 11 is 4.89. The molecule has 0 radical (unpaired) electrons. The van der Waals surface area contributed by atoms with Gasteiger partial charge >= 0.3 is 0 Å². The van der Waals surface area contributed by atoms with Crippen LogP contribution in [0.15, 0.2) is 24.3 Å². The maximum absolute atomic E-state index is 5.70. The molecule has 0 saturated heterocycles. The summed E-state index contributed by atoms with van der Waals surface area (Å²) in [6, 6.07) is 7.89. The number of ether oxygens (including phenoxy) is 1. The molecule has 0 aliphatic heterocycles. The van der Waals surface area contributed by atoms with Crippen molar-refractivity contribution in [1.82, 2.24) is 0 Å². The molecular weight excluding hydrogens is 218 g/mol. The molecule has 88 valence electrons. The standard InChI is InChI=1S/C13H19NOS/c1-3-4-10(2)15-9-11-5-7-12(8-6-11)13(14)16/h5-8,10H,3-4,9H2,1-2H3,(H2,14,16). The van der Waals surface area contributed by atoms with Gasteiger partial charge in [0, 0.05) is 5.56 Å². The van der Waals surface area contributed by atoms with Crippen molar-refractivity contribution in [2.24, 2.45) is 5.73 Å². The lowest BCUT2D eigenvalue weighted by atomic mass is 10.1. The Hall–Kier alpha value is -0.930. The van der Waals surface area contributed by atoms with Gasteiger partial charge in [0.25, 0.3) is 0 Å². The van der Waals surface area contributed by atoms with Crippen LogP contribution in [0.25, 0.3) is 0 Å². The molecule has 3 heteroatoms. The Balaban J connectivity index is 2.46. The molecule has 0 saturated carbocycles. The molecule has 0 aromatic heterocycles. The summed E-state index contributed by atoms with van der Waals surface area (Å²) < 4.78 is 5.70. The molecule has 0 aliphatic rings. The van der Waals surface area contributed by atoms with Crippen molar-refractivity contribution in [1.29, 1.82) is 0 Å². The second-order valence-corrected chi connectivity index (χ2v) is 4.41. The van der Waals surface area contributed by atoms with E-state index < -0.39 is 0 Å². The maximum atomic E-state index is 5.70. The third-order valence-electron chi connectivity index (χ3n) is 2.47. The molecule has 1 atom stereocenters. The molecule has 1 aromatic carbocycles. The molecule has 16 heavy (non-hydrogen) atoms. The highest BCUT2D eigenvalue weighted by atomic mass is 32.1. The van der Waals surface area contributed by atoms with Gasteiger partial charge in [-0.15, -0.1) is 0 Å². The van der Waals surface area contributed by atoms with Crippen LogP contribution in [0.1, 0.15) is 37.8 Å². The lowest BCUT2D eigenvalue weighted by Gasteiger charge is -2.12. The highest BCUT2D eigenvalue weighted by molar-refractivity contribution is 7.80. The topological polar surface area (TPSA) is 35.2 Å². The van der Waals surface area contributed by atoms with Gasteiger partial charge in [0.1, 0.15) is 4.99 Å². The Morgan fingerprint density at radius 1 is 1.38 bits per heavy atom. The van der Waals surface area contributed by atoms with Crippen LogP contribution in [0.3, 0.4) is 0 Å². The average molecular weight is 237 g/mol. The third-order valence-corrected chi connectivity index (χ3v) is 2.70. The van der Waals surface area contributed by atoms with Gasteiger partial charge in [-0.05, 0) is 18.9 Å². The molecule has 0 heterocycles. The third kappa shape index (κ3) is 4.29. The van der Waals surface area contributed by atoms with Crippen molar-refractivity contribution >= 4 is 17.2 Å². The van der Waals surface area contributed by atoms with Crippen LogP contribution in [-0.2, 0) is 11.3 Å². The normalized spacial score (nSPS) is 12.4. The Bertz CT molecular complexity index is 334. The van der Waals surface area contributed by atoms with Crippen LogP contribution in [0.5, 0.6) is 0 Å². The number of benzene rings is 1. The van der Waals surface area contributed by atoms with Crippen LogP contribution < -0.4 is 5.73 Å². The number of nitrogens with two attached hydrogens (primary N) is 1. The lowest BCUT2D eigenvalue weighted by Crippen LogP contribution is -2.10. The van der Waals surface area contributed by atoms with Crippen LogP contribution in [0.2, 0.25) is 0 Å². The number of rotatable bonds is 6. The molecule has 0 bridgehead atoms. The van der Waals surface area contributed by atoms with Crippen molar-refractivity contribution < 1.29 is 4.74 Å². The second kappa shape index (κ2) is 6.61. The van der Waals surface area contributed by atoms with Gasteiger partial charge in [0.2, 0.25) is 0 Å². The predicted molar refractivity (Wildman–Crippen MR) is 71.5 cm³/mol. The molecule has 1 unspecified atom stereocenters. The summed E-state index contributed by atoms with van der Waals surface area (Å²) in [6.07, 6.45) is 2.58. The molecule has 2 N–H and O–H groups in total. The average Bonchev–Trinajstić information content (AvgIpc) is 2.27. The summed E-state index contributed by atoms with van der Waals surface area (Å²) in [6.45, 7) is 4.92. The van der Waals surface area contributed by atoms with E-state index in [9.17, 15) is 0 Å². The van der Waals surface area contributed by atoms with Crippen molar-refractivity contribution in [3.63, 3.8) is 0 Å². The first-order chi connectivity index (χ1) is 7.63. The Labute approximate surface area is 103 Å². The van der Waals surface area contributed by atoms with Crippen LogP contribution in [-0.4, -0.2) is 11.1 Å². The zero-order valence-electron chi connectivity index (χ0n) is 9.90. The van der Waals surface area contributed by atoms with Gasteiger partial charge in [0.05, 0.1) is 12.7 Å². The first-order valence-corrected chi connectivity index (χ1v) is 6.04. The smallest absolute Gasteiger partial charge is 0.103 e. The van der Waals surface area contributed by atoms with Gasteiger partial charge < -0.3 is 10.5 Å². The maximum Gasteiger partial charge on any atom is 0.103 e. The van der Waals surface area contributed by atoms with Crippen LogP contribution in [0.4, 0.5) is 0 Å². The minimum atomic E-state index is 0.320. The summed E-state index contributed by atoms with van der Waals surface area (Å²) in [7, 11) is 0. The minimum Gasteiger partial charge on any atom is -0.389 e. The molecule has 0 amide bonds. The minimum absolute atomic E-state index is 0.320. The first kappa shape index (κ1) is 13.1. The van der Waals surface area contributed by atoms with Crippen LogP contribution in [0, 0.1) is 0 Å². The van der Waals surface area contributed by atoms with Gasteiger partial charge in [0.15, 0.2) is 0 Å². The van der Waals surface area contributed by atoms with Gasteiger partial charge in [-0.25, -0.2) is 0 Å². The number of hydrogen-bond donors (Lipinski definition) is 1. The molecule has 1 aromatic rings.